The third-order valence-corrected chi connectivity index (χ3v) is 6.87. The summed E-state index contributed by atoms with van der Waals surface area (Å²) in [5, 5.41) is 0. The van der Waals surface area contributed by atoms with Crippen LogP contribution in [0, 0.1) is 17.7 Å². The summed E-state index contributed by atoms with van der Waals surface area (Å²) in [5.41, 5.74) is 2.52. The molecule has 2 unspecified atom stereocenters. The highest BCUT2D eigenvalue weighted by molar-refractivity contribution is 5.68. The highest BCUT2D eigenvalue weighted by atomic mass is 19.1. The number of likely N-dealkylation sites (tertiary alicyclic amines) is 1. The van der Waals surface area contributed by atoms with Crippen LogP contribution in [-0.2, 0) is 16.6 Å². The number of aryl methyl sites for hydroxylation is 1. The molecule has 3 aliphatic rings. The molecule has 0 radical (unpaired) electrons. The van der Waals surface area contributed by atoms with E-state index in [4.69, 9.17) is 4.74 Å². The molecule has 1 heterocycles. The molecule has 0 bridgehead atoms. The van der Waals surface area contributed by atoms with Gasteiger partial charge in [0.1, 0.15) is 11.4 Å². The fraction of sp³-hybridized carbons (Fsp3) is 0.696. The van der Waals surface area contributed by atoms with Gasteiger partial charge in [0.25, 0.3) is 0 Å². The van der Waals surface area contributed by atoms with Crippen LogP contribution in [-0.4, -0.2) is 29.7 Å². The molecule has 3 nitrogen and oxygen atoms in total. The molecule has 1 spiro atoms. The summed E-state index contributed by atoms with van der Waals surface area (Å²) in [6.45, 7) is 7.36. The van der Waals surface area contributed by atoms with E-state index in [-0.39, 0.29) is 17.3 Å². The minimum atomic E-state index is -0.425. The summed E-state index contributed by atoms with van der Waals surface area (Å²) < 4.78 is 19.2. The van der Waals surface area contributed by atoms with E-state index in [1.807, 2.05) is 31.7 Å². The normalized spacial score (nSPS) is 27.7. The smallest absolute Gasteiger partial charge is 0.410 e. The molecular formula is C23H32FNO2. The molecule has 2 atom stereocenters. The van der Waals surface area contributed by atoms with E-state index in [0.29, 0.717) is 5.92 Å². The van der Waals surface area contributed by atoms with Crippen LogP contribution in [0.1, 0.15) is 70.4 Å². The van der Waals surface area contributed by atoms with Gasteiger partial charge in [-0.25, -0.2) is 9.18 Å². The van der Waals surface area contributed by atoms with Gasteiger partial charge in [-0.05, 0) is 99.8 Å². The monoisotopic (exact) mass is 373 g/mol. The number of piperidine rings is 1. The Hall–Kier alpha value is -1.58. The van der Waals surface area contributed by atoms with Crippen LogP contribution in [0.25, 0.3) is 0 Å². The molecule has 1 saturated heterocycles. The van der Waals surface area contributed by atoms with E-state index in [1.165, 1.54) is 36.8 Å². The molecule has 1 amide bonds. The van der Waals surface area contributed by atoms with E-state index >= 15 is 0 Å². The van der Waals surface area contributed by atoms with Crippen LogP contribution in [0.3, 0.4) is 0 Å². The lowest BCUT2D eigenvalue weighted by Crippen LogP contribution is -2.41. The Morgan fingerprint density at radius 1 is 1.26 bits per heavy atom. The summed E-state index contributed by atoms with van der Waals surface area (Å²) in [5.74, 6) is 1.34. The molecule has 0 aromatic heterocycles. The fourth-order valence-electron chi connectivity index (χ4n) is 5.29. The van der Waals surface area contributed by atoms with E-state index in [9.17, 15) is 9.18 Å². The lowest BCUT2D eigenvalue weighted by Gasteiger charge is -2.33. The van der Waals surface area contributed by atoms with Gasteiger partial charge in [0, 0.05) is 13.1 Å². The minimum absolute atomic E-state index is 0.0878. The third kappa shape index (κ3) is 3.86. The molecular weight excluding hydrogens is 341 g/mol. The van der Waals surface area contributed by atoms with Crippen molar-refractivity contribution in [3.8, 4) is 0 Å². The number of rotatable bonds is 3. The second kappa shape index (κ2) is 6.79. The molecule has 1 aromatic carbocycles. The van der Waals surface area contributed by atoms with Gasteiger partial charge in [0.05, 0.1) is 0 Å². The zero-order chi connectivity index (χ0) is 19.2. The molecule has 4 heteroatoms. The number of amides is 1. The Morgan fingerprint density at radius 3 is 2.70 bits per heavy atom. The SMILES string of the molecule is CC(C)(C)OC(=O)N1CCC(CCC2CC23CCc2ccc(F)cc23)CC1. The lowest BCUT2D eigenvalue weighted by molar-refractivity contribution is 0.0180. The van der Waals surface area contributed by atoms with Crippen molar-refractivity contribution in [3.63, 3.8) is 0 Å². The van der Waals surface area contributed by atoms with Gasteiger partial charge in [-0.1, -0.05) is 12.5 Å². The standard InChI is InChI=1S/C23H32FNO2/c1-22(2,3)27-21(26)25-12-9-16(10-13-25)4-6-18-15-23(18)11-8-17-5-7-19(24)14-20(17)23/h5,7,14,16,18H,4,6,8-13,15H2,1-3H3. The Morgan fingerprint density at radius 2 is 2.00 bits per heavy atom. The zero-order valence-corrected chi connectivity index (χ0v) is 16.9. The van der Waals surface area contributed by atoms with E-state index in [0.717, 1.165) is 38.3 Å². The van der Waals surface area contributed by atoms with E-state index in [2.05, 4.69) is 0 Å². The maximum Gasteiger partial charge on any atom is 0.410 e. The molecule has 0 N–H and O–H groups in total. The van der Waals surface area contributed by atoms with Gasteiger partial charge in [-0.3, -0.25) is 0 Å². The number of benzene rings is 1. The van der Waals surface area contributed by atoms with Crippen LogP contribution in [0.4, 0.5) is 9.18 Å². The average molecular weight is 374 g/mol. The second-order valence-electron chi connectivity index (χ2n) is 9.85. The molecule has 4 rings (SSSR count). The van der Waals surface area contributed by atoms with Crippen molar-refractivity contribution < 1.29 is 13.9 Å². The molecule has 2 aliphatic carbocycles. The summed E-state index contributed by atoms with van der Waals surface area (Å²) in [7, 11) is 0. The number of carbonyl (C=O) groups is 1. The lowest BCUT2D eigenvalue weighted by atomic mass is 9.88. The van der Waals surface area contributed by atoms with Crippen LogP contribution >= 0.6 is 0 Å². The van der Waals surface area contributed by atoms with Crippen molar-refractivity contribution in [2.24, 2.45) is 11.8 Å². The number of hydrogen-bond acceptors (Lipinski definition) is 2. The predicted octanol–water partition coefficient (Wildman–Crippen LogP) is 5.46. The molecule has 27 heavy (non-hydrogen) atoms. The number of hydrogen-bond donors (Lipinski definition) is 0. The Labute approximate surface area is 162 Å². The van der Waals surface area contributed by atoms with Crippen molar-refractivity contribution in [3.05, 3.63) is 35.1 Å². The van der Waals surface area contributed by atoms with Crippen LogP contribution < -0.4 is 0 Å². The van der Waals surface area contributed by atoms with Crippen LogP contribution in [0.5, 0.6) is 0 Å². The molecule has 1 aromatic rings. The van der Waals surface area contributed by atoms with Gasteiger partial charge >= 0.3 is 6.09 Å². The van der Waals surface area contributed by atoms with E-state index in [1.54, 1.807) is 12.1 Å². The largest absolute Gasteiger partial charge is 0.444 e. The Kier molecular flexibility index (Phi) is 4.72. The number of ether oxygens (including phenoxy) is 1. The van der Waals surface area contributed by atoms with Gasteiger partial charge in [0.15, 0.2) is 0 Å². The average Bonchev–Trinajstić information content (AvgIpc) is 3.20. The van der Waals surface area contributed by atoms with Crippen molar-refractivity contribution in [2.45, 2.75) is 76.7 Å². The van der Waals surface area contributed by atoms with Crippen LogP contribution in [0.15, 0.2) is 18.2 Å². The van der Waals surface area contributed by atoms with Crippen molar-refractivity contribution >= 4 is 6.09 Å². The molecule has 148 valence electrons. The van der Waals surface area contributed by atoms with Gasteiger partial charge in [0.2, 0.25) is 0 Å². The third-order valence-electron chi connectivity index (χ3n) is 6.87. The van der Waals surface area contributed by atoms with Gasteiger partial charge < -0.3 is 9.64 Å². The predicted molar refractivity (Wildman–Crippen MR) is 104 cm³/mol. The molecule has 1 aliphatic heterocycles. The first kappa shape index (κ1) is 18.8. The van der Waals surface area contributed by atoms with Gasteiger partial charge in [-0.2, -0.15) is 0 Å². The topological polar surface area (TPSA) is 29.5 Å². The van der Waals surface area contributed by atoms with Crippen molar-refractivity contribution in [1.29, 1.82) is 0 Å². The summed E-state index contributed by atoms with van der Waals surface area (Å²) in [6.07, 6.45) is 8.00. The summed E-state index contributed by atoms with van der Waals surface area (Å²) in [4.78, 5) is 14.0. The zero-order valence-electron chi connectivity index (χ0n) is 16.9. The maximum absolute atomic E-state index is 13.7. The minimum Gasteiger partial charge on any atom is -0.444 e. The number of fused-ring (bicyclic) bond motifs is 2. The van der Waals surface area contributed by atoms with Crippen LogP contribution in [0.2, 0.25) is 0 Å². The summed E-state index contributed by atoms with van der Waals surface area (Å²) >= 11 is 0. The van der Waals surface area contributed by atoms with Crippen molar-refractivity contribution in [1.82, 2.24) is 4.90 Å². The highest BCUT2D eigenvalue weighted by Gasteiger charge is 2.57. The first-order valence-corrected chi connectivity index (χ1v) is 10.5. The first-order chi connectivity index (χ1) is 12.8. The van der Waals surface area contributed by atoms with Crippen molar-refractivity contribution in [2.75, 3.05) is 13.1 Å². The first-order valence-electron chi connectivity index (χ1n) is 10.5. The second-order valence-corrected chi connectivity index (χ2v) is 9.85. The molecule has 2 fully saturated rings. The molecule has 1 saturated carbocycles. The van der Waals surface area contributed by atoms with Gasteiger partial charge in [-0.15, -0.1) is 0 Å². The number of carbonyl (C=O) groups excluding carboxylic acids is 1. The maximum atomic E-state index is 13.7. The Balaban J connectivity index is 1.25. The quantitative estimate of drug-likeness (QED) is 0.704. The Bertz CT molecular complexity index is 718. The fourth-order valence-corrected chi connectivity index (χ4v) is 5.29. The summed E-state index contributed by atoms with van der Waals surface area (Å²) in [6, 6.07) is 5.39. The van der Waals surface area contributed by atoms with E-state index < -0.39 is 5.60 Å². The highest BCUT2D eigenvalue weighted by Crippen LogP contribution is 2.63. The number of nitrogens with zero attached hydrogens (tertiary/aromatic N) is 1. The number of halogens is 1.